The molecule has 0 saturated heterocycles. The van der Waals surface area contributed by atoms with Crippen LogP contribution < -0.4 is 19.5 Å². The lowest BCUT2D eigenvalue weighted by Gasteiger charge is -2.32. The van der Waals surface area contributed by atoms with Crippen LogP contribution in [0.3, 0.4) is 0 Å². The molecule has 4 aromatic carbocycles. The number of amides is 2. The third-order valence-corrected chi connectivity index (χ3v) is 9.71. The Bertz CT molecular complexity index is 1750. The summed E-state index contributed by atoms with van der Waals surface area (Å²) in [5.74, 6) is 0.765. The number of carbonyl (C=O) groups excluding carboxylic acids is 2. The quantitative estimate of drug-likeness (QED) is 0.149. The summed E-state index contributed by atoms with van der Waals surface area (Å²) < 4.78 is 38.0. The Kier molecular flexibility index (Phi) is 13.4. The average molecular weight is 692 g/mol. The number of carbonyl (C=O) groups is 2. The lowest BCUT2D eigenvalue weighted by Crippen LogP contribution is -2.50. The fraction of sp³-hybridized carbons (Fsp3) is 0.297. The molecule has 11 heteroatoms. The van der Waals surface area contributed by atoms with Crippen molar-refractivity contribution >= 4 is 33.4 Å². The number of hydrogen-bond donors (Lipinski definition) is 2. The van der Waals surface area contributed by atoms with E-state index in [1.165, 1.54) is 12.1 Å². The summed E-state index contributed by atoms with van der Waals surface area (Å²) in [6, 6.07) is 28.2. The topological polar surface area (TPSA) is 114 Å². The largest absolute Gasteiger partial charge is 0.493 e. The van der Waals surface area contributed by atoms with Crippen LogP contribution in [0.15, 0.2) is 102 Å². The van der Waals surface area contributed by atoms with Gasteiger partial charge >= 0.3 is 0 Å². The molecule has 0 fully saturated rings. The van der Waals surface area contributed by atoms with E-state index in [0.29, 0.717) is 42.3 Å². The molecule has 4 aromatic rings. The first kappa shape index (κ1) is 36.5. The molecule has 2 N–H and O–H groups in total. The standard InChI is InChI=1S/C37H42ClN3O6S/c1-4-40-48(44,45)32-18-12-27(13-19-32)15-21-36(42)41(26-30-10-16-31(38)17-11-30)33(24-28-8-6-5-7-9-28)37(43)39-23-22-29-14-20-34(46-2)35(25-29)47-3/h5-14,16-20,25,33,40H,4,15,21-24,26H2,1-3H3,(H,39,43)/t33-/m1/s1. The summed E-state index contributed by atoms with van der Waals surface area (Å²) in [4.78, 5) is 29.8. The Morgan fingerprint density at radius 1 is 0.792 bits per heavy atom. The first-order valence-electron chi connectivity index (χ1n) is 15.8. The van der Waals surface area contributed by atoms with Crippen LogP contribution in [0.2, 0.25) is 5.02 Å². The molecule has 48 heavy (non-hydrogen) atoms. The second-order valence-electron chi connectivity index (χ2n) is 11.2. The van der Waals surface area contributed by atoms with Crippen molar-refractivity contribution < 1.29 is 27.5 Å². The van der Waals surface area contributed by atoms with Crippen LogP contribution >= 0.6 is 11.6 Å². The van der Waals surface area contributed by atoms with Crippen molar-refractivity contribution in [1.82, 2.24) is 14.9 Å². The minimum Gasteiger partial charge on any atom is -0.493 e. The molecule has 0 heterocycles. The van der Waals surface area contributed by atoms with E-state index in [4.69, 9.17) is 21.1 Å². The molecule has 0 saturated carbocycles. The van der Waals surface area contributed by atoms with Gasteiger partial charge in [0.25, 0.3) is 0 Å². The van der Waals surface area contributed by atoms with Crippen LogP contribution in [0, 0.1) is 0 Å². The number of nitrogens with one attached hydrogen (secondary N) is 2. The van der Waals surface area contributed by atoms with Gasteiger partial charge in [-0.1, -0.05) is 79.2 Å². The summed E-state index contributed by atoms with van der Waals surface area (Å²) in [5.41, 5.74) is 3.53. The molecule has 0 unspecified atom stereocenters. The Labute approximate surface area is 288 Å². The van der Waals surface area contributed by atoms with Gasteiger partial charge in [-0.15, -0.1) is 0 Å². The monoisotopic (exact) mass is 691 g/mol. The molecular weight excluding hydrogens is 650 g/mol. The summed E-state index contributed by atoms with van der Waals surface area (Å²) in [5, 5.41) is 3.64. The highest BCUT2D eigenvalue weighted by Gasteiger charge is 2.30. The molecule has 9 nitrogen and oxygen atoms in total. The lowest BCUT2D eigenvalue weighted by atomic mass is 10.0. The normalized spacial score (nSPS) is 11.8. The highest BCUT2D eigenvalue weighted by Crippen LogP contribution is 2.27. The van der Waals surface area contributed by atoms with Crippen LogP contribution in [-0.4, -0.2) is 58.5 Å². The lowest BCUT2D eigenvalue weighted by molar-refractivity contribution is -0.141. The van der Waals surface area contributed by atoms with Crippen molar-refractivity contribution in [2.45, 2.75) is 50.1 Å². The van der Waals surface area contributed by atoms with Crippen molar-refractivity contribution in [3.63, 3.8) is 0 Å². The molecule has 0 aromatic heterocycles. The second kappa shape index (κ2) is 17.7. The fourth-order valence-electron chi connectivity index (χ4n) is 5.33. The van der Waals surface area contributed by atoms with E-state index in [0.717, 1.165) is 22.3 Å². The molecule has 0 radical (unpaired) electrons. The van der Waals surface area contributed by atoms with E-state index >= 15 is 0 Å². The number of nitrogens with zero attached hydrogens (tertiary/aromatic N) is 1. The maximum Gasteiger partial charge on any atom is 0.243 e. The van der Waals surface area contributed by atoms with E-state index in [2.05, 4.69) is 10.0 Å². The van der Waals surface area contributed by atoms with Gasteiger partial charge in [-0.05, 0) is 71.5 Å². The van der Waals surface area contributed by atoms with Crippen molar-refractivity contribution in [3.8, 4) is 11.5 Å². The number of ether oxygens (including phenoxy) is 2. The summed E-state index contributed by atoms with van der Waals surface area (Å²) in [7, 11) is -0.426. The number of halogens is 1. The van der Waals surface area contributed by atoms with E-state index in [-0.39, 0.29) is 36.2 Å². The van der Waals surface area contributed by atoms with Crippen LogP contribution in [0.25, 0.3) is 0 Å². The molecule has 254 valence electrons. The van der Waals surface area contributed by atoms with Gasteiger partial charge in [0.15, 0.2) is 11.5 Å². The highest BCUT2D eigenvalue weighted by atomic mass is 35.5. The zero-order valence-electron chi connectivity index (χ0n) is 27.4. The summed E-state index contributed by atoms with van der Waals surface area (Å²) >= 11 is 6.15. The molecule has 0 aliphatic rings. The van der Waals surface area contributed by atoms with Crippen LogP contribution in [0.4, 0.5) is 0 Å². The zero-order valence-corrected chi connectivity index (χ0v) is 29.0. The van der Waals surface area contributed by atoms with Crippen LogP contribution in [0.5, 0.6) is 11.5 Å². The maximum absolute atomic E-state index is 14.0. The number of sulfonamides is 1. The third kappa shape index (κ3) is 10.3. The number of aryl methyl sites for hydroxylation is 1. The van der Waals surface area contributed by atoms with Gasteiger partial charge in [-0.3, -0.25) is 9.59 Å². The van der Waals surface area contributed by atoms with Gasteiger partial charge in [0, 0.05) is 37.5 Å². The minimum atomic E-state index is -3.58. The van der Waals surface area contributed by atoms with Gasteiger partial charge in [-0.2, -0.15) is 0 Å². The third-order valence-electron chi connectivity index (χ3n) is 7.89. The summed E-state index contributed by atoms with van der Waals surface area (Å²) in [6.07, 6.45) is 1.36. The second-order valence-corrected chi connectivity index (χ2v) is 13.4. The number of methoxy groups -OCH3 is 2. The van der Waals surface area contributed by atoms with E-state index in [9.17, 15) is 18.0 Å². The smallest absolute Gasteiger partial charge is 0.243 e. The Balaban J connectivity index is 1.56. The predicted octanol–water partition coefficient (Wildman–Crippen LogP) is 5.59. The van der Waals surface area contributed by atoms with Crippen LogP contribution in [-0.2, 0) is 45.4 Å². The van der Waals surface area contributed by atoms with Crippen molar-refractivity contribution in [1.29, 1.82) is 0 Å². The Hall–Kier alpha value is -4.38. The molecule has 2 amide bonds. The van der Waals surface area contributed by atoms with Crippen molar-refractivity contribution in [2.75, 3.05) is 27.3 Å². The van der Waals surface area contributed by atoms with E-state index < -0.39 is 16.1 Å². The van der Waals surface area contributed by atoms with Gasteiger partial charge in [0.05, 0.1) is 19.1 Å². The SMILES string of the molecule is CCNS(=O)(=O)c1ccc(CCC(=O)N(Cc2ccc(Cl)cc2)[C@H](Cc2ccccc2)C(=O)NCCc2ccc(OC)c(OC)c2)cc1. The number of rotatable bonds is 17. The zero-order chi connectivity index (χ0) is 34.5. The maximum atomic E-state index is 14.0. The summed E-state index contributed by atoms with van der Waals surface area (Å²) in [6.45, 7) is 2.56. The molecule has 4 rings (SSSR count). The van der Waals surface area contributed by atoms with Gasteiger partial charge in [0.1, 0.15) is 6.04 Å². The average Bonchev–Trinajstić information content (AvgIpc) is 3.10. The highest BCUT2D eigenvalue weighted by molar-refractivity contribution is 7.89. The molecule has 0 spiro atoms. The van der Waals surface area contributed by atoms with Crippen LogP contribution in [0.1, 0.15) is 35.6 Å². The van der Waals surface area contributed by atoms with Gasteiger partial charge < -0.3 is 19.7 Å². The van der Waals surface area contributed by atoms with E-state index in [1.54, 1.807) is 50.3 Å². The van der Waals surface area contributed by atoms with Gasteiger partial charge in [0.2, 0.25) is 21.8 Å². The fourth-order valence-corrected chi connectivity index (χ4v) is 6.50. The van der Waals surface area contributed by atoms with Crippen molar-refractivity contribution in [3.05, 3.63) is 124 Å². The molecule has 0 aliphatic carbocycles. The predicted molar refractivity (Wildman–Crippen MR) is 188 cm³/mol. The Morgan fingerprint density at radius 3 is 2.08 bits per heavy atom. The minimum absolute atomic E-state index is 0.122. The molecule has 0 bridgehead atoms. The van der Waals surface area contributed by atoms with Crippen molar-refractivity contribution in [2.24, 2.45) is 0 Å². The number of hydrogen-bond acceptors (Lipinski definition) is 6. The molecule has 1 atom stereocenters. The molecule has 0 aliphatic heterocycles. The first-order chi connectivity index (χ1) is 23.1. The number of benzene rings is 4. The first-order valence-corrected chi connectivity index (χ1v) is 17.6. The van der Waals surface area contributed by atoms with Gasteiger partial charge in [-0.25, -0.2) is 13.1 Å². The Morgan fingerprint density at radius 2 is 1.44 bits per heavy atom. The van der Waals surface area contributed by atoms with E-state index in [1.807, 2.05) is 60.7 Å². The molecular formula is C37H42ClN3O6S.